The zero-order chi connectivity index (χ0) is 16.8. The van der Waals surface area contributed by atoms with Gasteiger partial charge in [0.2, 0.25) is 5.91 Å². The first kappa shape index (κ1) is 16.9. The molecule has 0 saturated heterocycles. The van der Waals surface area contributed by atoms with Crippen molar-refractivity contribution >= 4 is 17.4 Å². The van der Waals surface area contributed by atoms with Gasteiger partial charge in [-0.25, -0.2) is 0 Å². The van der Waals surface area contributed by atoms with Gasteiger partial charge in [0.15, 0.2) is 5.78 Å². The molecule has 23 heavy (non-hydrogen) atoms. The maximum atomic E-state index is 12.3. The smallest absolute Gasteiger partial charge is 0.241 e. The lowest BCUT2D eigenvalue weighted by atomic mass is 10.1. The van der Waals surface area contributed by atoms with Crippen LogP contribution in [-0.4, -0.2) is 17.7 Å². The molecule has 0 radical (unpaired) electrons. The molecule has 0 aromatic heterocycles. The standard InChI is InChI=1S/C19H22N2O2/c1-13(16-8-5-4-6-9-16)20-14(2)19(23)21-18-11-7-10-17(12-18)15(3)22/h4-14,20H,1-3H3,(H,21,23)/t13-,14+/m0/s1. The minimum atomic E-state index is -0.355. The van der Waals surface area contributed by atoms with Crippen LogP contribution in [0.15, 0.2) is 54.6 Å². The molecular weight excluding hydrogens is 288 g/mol. The molecule has 0 saturated carbocycles. The highest BCUT2D eigenvalue weighted by Gasteiger charge is 2.16. The van der Waals surface area contributed by atoms with Crippen LogP contribution in [0, 0.1) is 0 Å². The average Bonchev–Trinajstić information content (AvgIpc) is 2.55. The molecule has 2 rings (SSSR count). The van der Waals surface area contributed by atoms with Crippen molar-refractivity contribution in [2.45, 2.75) is 32.9 Å². The molecule has 0 spiro atoms. The fraction of sp³-hybridized carbons (Fsp3) is 0.263. The van der Waals surface area contributed by atoms with E-state index in [1.807, 2.05) is 44.2 Å². The third-order valence-corrected chi connectivity index (χ3v) is 3.73. The minimum absolute atomic E-state index is 0.0232. The molecule has 120 valence electrons. The van der Waals surface area contributed by atoms with Crippen LogP contribution in [0.2, 0.25) is 0 Å². The molecule has 0 fully saturated rings. The number of hydrogen-bond acceptors (Lipinski definition) is 3. The van der Waals surface area contributed by atoms with E-state index in [4.69, 9.17) is 0 Å². The van der Waals surface area contributed by atoms with Gasteiger partial charge < -0.3 is 5.32 Å². The number of anilines is 1. The Bertz CT molecular complexity index is 683. The Morgan fingerprint density at radius 1 is 0.957 bits per heavy atom. The van der Waals surface area contributed by atoms with Crippen LogP contribution in [0.4, 0.5) is 5.69 Å². The molecule has 2 atom stereocenters. The van der Waals surface area contributed by atoms with Crippen LogP contribution in [0.25, 0.3) is 0 Å². The van der Waals surface area contributed by atoms with E-state index in [1.54, 1.807) is 24.3 Å². The molecule has 2 N–H and O–H groups in total. The Hall–Kier alpha value is -2.46. The molecule has 0 aliphatic heterocycles. The lowest BCUT2D eigenvalue weighted by molar-refractivity contribution is -0.117. The second kappa shape index (κ2) is 7.70. The van der Waals surface area contributed by atoms with Gasteiger partial charge in [-0.15, -0.1) is 0 Å². The summed E-state index contributed by atoms with van der Waals surface area (Å²) in [5, 5.41) is 6.11. The van der Waals surface area contributed by atoms with Crippen molar-refractivity contribution in [3.05, 3.63) is 65.7 Å². The quantitative estimate of drug-likeness (QED) is 0.802. The molecular formula is C19H22N2O2. The normalized spacial score (nSPS) is 13.2. The van der Waals surface area contributed by atoms with Crippen LogP contribution in [0.3, 0.4) is 0 Å². The van der Waals surface area contributed by atoms with Crippen molar-refractivity contribution in [3.63, 3.8) is 0 Å². The van der Waals surface area contributed by atoms with Crippen LogP contribution < -0.4 is 10.6 Å². The Labute approximate surface area is 136 Å². The van der Waals surface area contributed by atoms with Crippen LogP contribution in [-0.2, 0) is 4.79 Å². The average molecular weight is 310 g/mol. The number of carbonyl (C=O) groups excluding carboxylic acids is 2. The Morgan fingerprint density at radius 3 is 2.30 bits per heavy atom. The van der Waals surface area contributed by atoms with Gasteiger partial charge in [-0.3, -0.25) is 14.9 Å². The van der Waals surface area contributed by atoms with E-state index in [2.05, 4.69) is 10.6 Å². The fourth-order valence-electron chi connectivity index (χ4n) is 2.36. The summed E-state index contributed by atoms with van der Waals surface area (Å²) in [5.74, 6) is -0.154. The second-order valence-corrected chi connectivity index (χ2v) is 5.65. The lowest BCUT2D eigenvalue weighted by Crippen LogP contribution is -2.39. The molecule has 2 aromatic carbocycles. The van der Waals surface area contributed by atoms with Gasteiger partial charge in [-0.2, -0.15) is 0 Å². The van der Waals surface area contributed by atoms with Crippen molar-refractivity contribution in [2.24, 2.45) is 0 Å². The van der Waals surface area contributed by atoms with Gasteiger partial charge in [0.1, 0.15) is 0 Å². The number of amides is 1. The highest BCUT2D eigenvalue weighted by atomic mass is 16.2. The van der Waals surface area contributed by atoms with Crippen molar-refractivity contribution in [2.75, 3.05) is 5.32 Å². The van der Waals surface area contributed by atoms with Gasteiger partial charge in [-0.1, -0.05) is 42.5 Å². The van der Waals surface area contributed by atoms with E-state index in [9.17, 15) is 9.59 Å². The number of hydrogen-bond donors (Lipinski definition) is 2. The van der Waals surface area contributed by atoms with Crippen molar-refractivity contribution in [3.8, 4) is 0 Å². The van der Waals surface area contributed by atoms with E-state index in [-0.39, 0.29) is 23.8 Å². The molecule has 1 amide bonds. The molecule has 4 heteroatoms. The van der Waals surface area contributed by atoms with Crippen LogP contribution in [0.5, 0.6) is 0 Å². The number of carbonyl (C=O) groups is 2. The molecule has 0 unspecified atom stereocenters. The van der Waals surface area contributed by atoms with Crippen molar-refractivity contribution < 1.29 is 9.59 Å². The summed E-state index contributed by atoms with van der Waals surface area (Å²) < 4.78 is 0. The van der Waals surface area contributed by atoms with Gasteiger partial charge in [-0.05, 0) is 38.5 Å². The fourth-order valence-corrected chi connectivity index (χ4v) is 2.36. The Morgan fingerprint density at radius 2 is 1.65 bits per heavy atom. The predicted octanol–water partition coefficient (Wildman–Crippen LogP) is 3.57. The van der Waals surface area contributed by atoms with E-state index >= 15 is 0 Å². The summed E-state index contributed by atoms with van der Waals surface area (Å²) in [6, 6.07) is 16.6. The maximum Gasteiger partial charge on any atom is 0.241 e. The highest BCUT2D eigenvalue weighted by molar-refractivity contribution is 5.98. The third-order valence-electron chi connectivity index (χ3n) is 3.73. The number of ketones is 1. The van der Waals surface area contributed by atoms with E-state index in [0.29, 0.717) is 11.3 Å². The van der Waals surface area contributed by atoms with Crippen LogP contribution in [0.1, 0.15) is 42.7 Å². The first-order valence-corrected chi connectivity index (χ1v) is 7.70. The Kier molecular flexibility index (Phi) is 5.66. The molecule has 0 bridgehead atoms. The predicted molar refractivity (Wildman–Crippen MR) is 92.5 cm³/mol. The number of rotatable bonds is 6. The van der Waals surface area contributed by atoms with E-state index in [0.717, 1.165) is 5.56 Å². The number of benzene rings is 2. The SMILES string of the molecule is CC(=O)c1cccc(NC(=O)[C@@H](C)N[C@@H](C)c2ccccc2)c1. The van der Waals surface area contributed by atoms with E-state index in [1.165, 1.54) is 6.92 Å². The summed E-state index contributed by atoms with van der Waals surface area (Å²) in [5.41, 5.74) is 2.34. The molecule has 4 nitrogen and oxygen atoms in total. The van der Waals surface area contributed by atoms with Gasteiger partial charge >= 0.3 is 0 Å². The van der Waals surface area contributed by atoms with Gasteiger partial charge in [0.25, 0.3) is 0 Å². The summed E-state index contributed by atoms with van der Waals surface area (Å²) >= 11 is 0. The monoisotopic (exact) mass is 310 g/mol. The largest absolute Gasteiger partial charge is 0.325 e. The Balaban J connectivity index is 1.97. The summed E-state index contributed by atoms with van der Waals surface area (Å²) in [4.78, 5) is 23.7. The zero-order valence-corrected chi connectivity index (χ0v) is 13.7. The van der Waals surface area contributed by atoms with Crippen LogP contribution >= 0.6 is 0 Å². The topological polar surface area (TPSA) is 58.2 Å². The van der Waals surface area contributed by atoms with Crippen molar-refractivity contribution in [1.29, 1.82) is 0 Å². The second-order valence-electron chi connectivity index (χ2n) is 5.65. The van der Waals surface area contributed by atoms with Gasteiger partial charge in [0.05, 0.1) is 6.04 Å². The summed E-state index contributed by atoms with van der Waals surface area (Å²) in [7, 11) is 0. The molecule has 0 aliphatic rings. The minimum Gasteiger partial charge on any atom is -0.325 e. The highest BCUT2D eigenvalue weighted by Crippen LogP contribution is 2.14. The first-order valence-electron chi connectivity index (χ1n) is 7.70. The summed E-state index contributed by atoms with van der Waals surface area (Å²) in [6.07, 6.45) is 0. The zero-order valence-electron chi connectivity index (χ0n) is 13.7. The lowest BCUT2D eigenvalue weighted by Gasteiger charge is -2.20. The van der Waals surface area contributed by atoms with E-state index < -0.39 is 0 Å². The van der Waals surface area contributed by atoms with Gasteiger partial charge in [0, 0.05) is 17.3 Å². The number of Topliss-reactive ketones (excluding diaryl/α,β-unsaturated/α-hetero) is 1. The molecule has 0 heterocycles. The summed E-state index contributed by atoms with van der Waals surface area (Å²) in [6.45, 7) is 5.35. The number of nitrogens with one attached hydrogen (secondary N) is 2. The van der Waals surface area contributed by atoms with Crippen molar-refractivity contribution in [1.82, 2.24) is 5.32 Å². The first-order chi connectivity index (χ1) is 11.0. The maximum absolute atomic E-state index is 12.3. The molecule has 0 aliphatic carbocycles. The molecule has 2 aromatic rings. The third kappa shape index (κ3) is 4.76.